The predicted molar refractivity (Wildman–Crippen MR) is 54.4 cm³/mol. The van der Waals surface area contributed by atoms with Gasteiger partial charge in [0.15, 0.2) is 0 Å². The van der Waals surface area contributed by atoms with Gasteiger partial charge in [-0.05, 0) is 18.9 Å². The molecule has 0 spiro atoms. The van der Waals surface area contributed by atoms with Crippen LogP contribution in [0.15, 0.2) is 11.8 Å². The van der Waals surface area contributed by atoms with E-state index in [1.165, 1.54) is 6.08 Å². The quantitative estimate of drug-likeness (QED) is 0.534. The van der Waals surface area contributed by atoms with E-state index in [1.54, 1.807) is 0 Å². The Morgan fingerprint density at radius 2 is 2.14 bits per heavy atom. The zero-order chi connectivity index (χ0) is 9.84. The maximum atomic E-state index is 11.2. The van der Waals surface area contributed by atoms with Crippen LogP contribution in [0, 0.1) is 5.92 Å². The van der Waals surface area contributed by atoms with E-state index in [2.05, 4.69) is 5.32 Å². The molecule has 0 aromatic heterocycles. The Labute approximate surface area is 88.3 Å². The third kappa shape index (κ3) is 3.26. The minimum absolute atomic E-state index is 0. The molecule has 14 heavy (non-hydrogen) atoms. The summed E-state index contributed by atoms with van der Waals surface area (Å²) in [4.78, 5) is 21.8. The first-order valence-electron chi connectivity index (χ1n) is 4.16. The lowest BCUT2D eigenvalue weighted by Gasteiger charge is -2.18. The molecule has 0 saturated carbocycles. The van der Waals surface area contributed by atoms with Crippen LogP contribution >= 0.6 is 12.4 Å². The third-order valence-corrected chi connectivity index (χ3v) is 1.99. The van der Waals surface area contributed by atoms with E-state index in [0.717, 1.165) is 12.8 Å². The highest BCUT2D eigenvalue weighted by Gasteiger charge is 2.20. The number of carbonyl (C=O) groups is 2. The minimum atomic E-state index is -0.682. The predicted octanol–water partition coefficient (Wildman–Crippen LogP) is -0.738. The fourth-order valence-electron chi connectivity index (χ4n) is 1.25. The molecule has 1 fully saturated rings. The van der Waals surface area contributed by atoms with Crippen LogP contribution in [-0.4, -0.2) is 18.4 Å². The lowest BCUT2D eigenvalue weighted by Crippen LogP contribution is -2.36. The summed E-state index contributed by atoms with van der Waals surface area (Å²) in [6, 6.07) is 0. The molecule has 1 saturated heterocycles. The van der Waals surface area contributed by atoms with Gasteiger partial charge in [-0.15, -0.1) is 12.4 Å². The number of primary amides is 1. The maximum absolute atomic E-state index is 11.2. The van der Waals surface area contributed by atoms with Crippen molar-refractivity contribution in [2.75, 3.05) is 6.54 Å². The van der Waals surface area contributed by atoms with Crippen LogP contribution in [0.3, 0.4) is 0 Å². The van der Waals surface area contributed by atoms with E-state index in [9.17, 15) is 9.59 Å². The second-order valence-electron chi connectivity index (χ2n) is 3.03. The largest absolute Gasteiger partial charge is 0.395 e. The Balaban J connectivity index is 0.00000169. The first-order valence-corrected chi connectivity index (χ1v) is 4.16. The van der Waals surface area contributed by atoms with Gasteiger partial charge >= 0.3 is 0 Å². The van der Waals surface area contributed by atoms with E-state index in [1.807, 2.05) is 0 Å². The molecule has 0 unspecified atom stereocenters. The van der Waals surface area contributed by atoms with Gasteiger partial charge in [0.1, 0.15) is 0 Å². The molecule has 1 aliphatic rings. The molecule has 1 heterocycles. The Bertz CT molecular complexity index is 265. The molecule has 0 aliphatic carbocycles. The summed E-state index contributed by atoms with van der Waals surface area (Å²) >= 11 is 0. The van der Waals surface area contributed by atoms with Crippen molar-refractivity contribution >= 4 is 24.2 Å². The summed E-state index contributed by atoms with van der Waals surface area (Å²) in [5.41, 5.74) is 10.2. The Morgan fingerprint density at radius 3 is 2.64 bits per heavy atom. The molecule has 5 nitrogen and oxygen atoms in total. The van der Waals surface area contributed by atoms with Crippen molar-refractivity contribution in [1.29, 1.82) is 0 Å². The number of rotatable bonds is 2. The highest BCUT2D eigenvalue weighted by atomic mass is 35.5. The highest BCUT2D eigenvalue weighted by molar-refractivity contribution is 5.92. The summed E-state index contributed by atoms with van der Waals surface area (Å²) in [7, 11) is 0. The van der Waals surface area contributed by atoms with Gasteiger partial charge < -0.3 is 16.8 Å². The highest BCUT2D eigenvalue weighted by Crippen LogP contribution is 2.13. The van der Waals surface area contributed by atoms with Gasteiger partial charge in [-0.25, -0.2) is 0 Å². The number of amides is 2. The molecule has 0 bridgehead atoms. The molecule has 6 heteroatoms. The standard InChI is InChI=1S/C8H13N3O2.ClH/c9-6(7(10)12)4-5-2-1-3-11-8(5)13;/h4-5H,1-3,9H2,(H2,10,12)(H,11,13);1H/t5-;/m0./s1. The molecule has 0 radical (unpaired) electrons. The van der Waals surface area contributed by atoms with Gasteiger partial charge in [0.25, 0.3) is 5.91 Å². The first kappa shape index (κ1) is 12.8. The molecular weight excluding hydrogens is 206 g/mol. The molecule has 1 aliphatic heterocycles. The van der Waals surface area contributed by atoms with Gasteiger partial charge in [-0.1, -0.05) is 0 Å². The van der Waals surface area contributed by atoms with Crippen molar-refractivity contribution in [1.82, 2.24) is 5.32 Å². The summed E-state index contributed by atoms with van der Waals surface area (Å²) in [6.07, 6.45) is 3.05. The first-order chi connectivity index (χ1) is 6.11. The molecule has 1 rings (SSSR count). The van der Waals surface area contributed by atoms with Crippen LogP contribution in [0.5, 0.6) is 0 Å². The van der Waals surface area contributed by atoms with E-state index >= 15 is 0 Å². The smallest absolute Gasteiger partial charge is 0.264 e. The van der Waals surface area contributed by atoms with E-state index in [-0.39, 0.29) is 29.9 Å². The Kier molecular flexibility index (Phi) is 5.01. The zero-order valence-corrected chi connectivity index (χ0v) is 8.47. The fourth-order valence-corrected chi connectivity index (χ4v) is 1.25. The van der Waals surface area contributed by atoms with Crippen LogP contribution in [0.2, 0.25) is 0 Å². The number of halogens is 1. The van der Waals surface area contributed by atoms with Crippen molar-refractivity contribution in [2.24, 2.45) is 17.4 Å². The average Bonchev–Trinajstić information content (AvgIpc) is 2.08. The third-order valence-electron chi connectivity index (χ3n) is 1.99. The number of hydrogen-bond donors (Lipinski definition) is 3. The maximum Gasteiger partial charge on any atom is 0.264 e. The monoisotopic (exact) mass is 219 g/mol. The fraction of sp³-hybridized carbons (Fsp3) is 0.500. The number of nitrogens with one attached hydrogen (secondary N) is 1. The van der Waals surface area contributed by atoms with Crippen LogP contribution in [0.1, 0.15) is 12.8 Å². The van der Waals surface area contributed by atoms with Crippen LogP contribution in [0.4, 0.5) is 0 Å². The topological polar surface area (TPSA) is 98.2 Å². The summed E-state index contributed by atoms with van der Waals surface area (Å²) in [5, 5.41) is 2.69. The Hall–Kier alpha value is -1.23. The number of carbonyl (C=O) groups excluding carboxylic acids is 2. The van der Waals surface area contributed by atoms with Gasteiger partial charge in [0.05, 0.1) is 11.6 Å². The summed E-state index contributed by atoms with van der Waals surface area (Å²) in [5.74, 6) is -1.07. The number of nitrogens with two attached hydrogens (primary N) is 2. The molecule has 1 atom stereocenters. The molecule has 0 aromatic rings. The molecule has 5 N–H and O–H groups in total. The molecular formula is C8H14ClN3O2. The van der Waals surface area contributed by atoms with Crippen LogP contribution in [-0.2, 0) is 9.59 Å². The number of hydrogen-bond acceptors (Lipinski definition) is 3. The van der Waals surface area contributed by atoms with Gasteiger partial charge in [-0.2, -0.15) is 0 Å². The van der Waals surface area contributed by atoms with E-state index in [4.69, 9.17) is 11.5 Å². The molecule has 80 valence electrons. The zero-order valence-electron chi connectivity index (χ0n) is 7.66. The van der Waals surface area contributed by atoms with Gasteiger partial charge in [0.2, 0.25) is 5.91 Å². The second kappa shape index (κ2) is 5.49. The van der Waals surface area contributed by atoms with Crippen molar-refractivity contribution in [3.63, 3.8) is 0 Å². The van der Waals surface area contributed by atoms with E-state index in [0.29, 0.717) is 6.54 Å². The Morgan fingerprint density at radius 1 is 1.50 bits per heavy atom. The lowest BCUT2D eigenvalue weighted by atomic mass is 9.97. The van der Waals surface area contributed by atoms with Crippen molar-refractivity contribution in [3.8, 4) is 0 Å². The molecule has 0 aromatic carbocycles. The molecule has 2 amide bonds. The minimum Gasteiger partial charge on any atom is -0.395 e. The van der Waals surface area contributed by atoms with Crippen LogP contribution < -0.4 is 16.8 Å². The van der Waals surface area contributed by atoms with Crippen molar-refractivity contribution in [2.45, 2.75) is 12.8 Å². The van der Waals surface area contributed by atoms with E-state index < -0.39 is 5.91 Å². The summed E-state index contributed by atoms with van der Waals surface area (Å²) in [6.45, 7) is 0.694. The second-order valence-corrected chi connectivity index (χ2v) is 3.03. The van der Waals surface area contributed by atoms with Crippen molar-refractivity contribution in [3.05, 3.63) is 11.8 Å². The van der Waals surface area contributed by atoms with Gasteiger partial charge in [0, 0.05) is 6.54 Å². The normalized spacial score (nSPS) is 22.1. The van der Waals surface area contributed by atoms with Gasteiger partial charge in [-0.3, -0.25) is 9.59 Å². The lowest BCUT2D eigenvalue weighted by molar-refractivity contribution is -0.125. The van der Waals surface area contributed by atoms with Crippen molar-refractivity contribution < 1.29 is 9.59 Å². The summed E-state index contributed by atoms with van der Waals surface area (Å²) < 4.78 is 0. The number of piperidine rings is 1. The SMILES string of the molecule is Cl.NC(=O)C(N)=C[C@@H]1CCCNC1=O. The average molecular weight is 220 g/mol. The van der Waals surface area contributed by atoms with Crippen LogP contribution in [0.25, 0.3) is 0 Å².